The van der Waals surface area contributed by atoms with E-state index in [1.807, 2.05) is 6.08 Å². The van der Waals surface area contributed by atoms with Crippen LogP contribution in [0.4, 0.5) is 24.7 Å². The van der Waals surface area contributed by atoms with E-state index < -0.39 is 18.2 Å². The Morgan fingerprint density at radius 3 is 2.74 bits per heavy atom. The fraction of sp³-hybridized carbons (Fsp3) is 0.458. The van der Waals surface area contributed by atoms with Gasteiger partial charge in [0.25, 0.3) is 0 Å². The Balaban J connectivity index is 1.75. The van der Waals surface area contributed by atoms with Crippen LogP contribution in [0.15, 0.2) is 30.3 Å². The number of hydrogen-bond acceptors (Lipinski definition) is 7. The summed E-state index contributed by atoms with van der Waals surface area (Å²) in [7, 11) is 0. The summed E-state index contributed by atoms with van der Waals surface area (Å²) in [4.78, 5) is 12.6. The average Bonchev–Trinajstić information content (AvgIpc) is 3.66. The van der Waals surface area contributed by atoms with E-state index >= 15 is 0 Å². The second-order valence-corrected chi connectivity index (χ2v) is 8.19. The van der Waals surface area contributed by atoms with Crippen LogP contribution >= 0.6 is 0 Å². The van der Waals surface area contributed by atoms with Crippen molar-refractivity contribution in [2.24, 2.45) is 0 Å². The molecule has 2 aliphatic rings. The molecule has 7 nitrogen and oxygen atoms in total. The smallest absolute Gasteiger partial charge is 0.425 e. The topological polar surface area (TPSA) is 82.6 Å². The summed E-state index contributed by atoms with van der Waals surface area (Å²) >= 11 is 0. The number of anilines is 2. The number of nitrogens with one attached hydrogen (secondary N) is 1. The van der Waals surface area contributed by atoms with E-state index in [0.717, 1.165) is 25.3 Å². The zero-order valence-electron chi connectivity index (χ0n) is 18.9. The SMILES string of the molecule is CCOC(=O)c1cc(C2CC2)nnc1Nc1cccc(C2=CCOCC2)c1O[C@@H](C)C(F)(F)F. The van der Waals surface area contributed by atoms with Crippen molar-refractivity contribution in [2.75, 3.05) is 25.1 Å². The van der Waals surface area contributed by atoms with Gasteiger partial charge < -0.3 is 19.5 Å². The fourth-order valence-corrected chi connectivity index (χ4v) is 3.60. The molecule has 0 radical (unpaired) electrons. The van der Waals surface area contributed by atoms with Gasteiger partial charge in [-0.2, -0.15) is 18.3 Å². The molecular formula is C24H26F3N3O4. The number of carbonyl (C=O) groups is 1. The van der Waals surface area contributed by atoms with Crippen LogP contribution in [0.1, 0.15) is 60.6 Å². The maximum Gasteiger partial charge on any atom is 0.425 e. The summed E-state index contributed by atoms with van der Waals surface area (Å²) in [5.41, 5.74) is 2.44. The van der Waals surface area contributed by atoms with Gasteiger partial charge in [-0.05, 0) is 50.8 Å². The van der Waals surface area contributed by atoms with Gasteiger partial charge in [0.05, 0.1) is 31.2 Å². The van der Waals surface area contributed by atoms with Gasteiger partial charge in [-0.25, -0.2) is 4.79 Å². The van der Waals surface area contributed by atoms with E-state index in [4.69, 9.17) is 14.2 Å². The van der Waals surface area contributed by atoms with Gasteiger partial charge in [-0.3, -0.25) is 0 Å². The molecule has 1 aromatic carbocycles. The lowest BCUT2D eigenvalue weighted by Crippen LogP contribution is -2.31. The van der Waals surface area contributed by atoms with Crippen molar-refractivity contribution in [3.05, 3.63) is 47.2 Å². The molecular weight excluding hydrogens is 451 g/mol. The molecule has 0 saturated heterocycles. The highest BCUT2D eigenvalue weighted by Gasteiger charge is 2.39. The van der Waals surface area contributed by atoms with E-state index in [0.29, 0.717) is 30.9 Å². The van der Waals surface area contributed by atoms with E-state index in [9.17, 15) is 18.0 Å². The zero-order valence-corrected chi connectivity index (χ0v) is 18.9. The number of nitrogens with zero attached hydrogens (tertiary/aromatic N) is 2. The van der Waals surface area contributed by atoms with Crippen molar-refractivity contribution in [3.63, 3.8) is 0 Å². The third-order valence-corrected chi connectivity index (χ3v) is 5.64. The number of alkyl halides is 3. The lowest BCUT2D eigenvalue weighted by Gasteiger charge is -2.24. The third kappa shape index (κ3) is 5.49. The highest BCUT2D eigenvalue weighted by atomic mass is 19.4. The number of esters is 1. The van der Waals surface area contributed by atoms with Gasteiger partial charge in [0.2, 0.25) is 0 Å². The number of hydrogen-bond donors (Lipinski definition) is 1. The minimum Gasteiger partial charge on any atom is -0.478 e. The second kappa shape index (κ2) is 10.0. The molecule has 0 unspecified atom stereocenters. The van der Waals surface area contributed by atoms with Crippen molar-refractivity contribution in [1.82, 2.24) is 10.2 Å². The third-order valence-electron chi connectivity index (χ3n) is 5.64. The number of benzene rings is 1. The maximum absolute atomic E-state index is 13.4. The number of para-hydroxylation sites is 1. The fourth-order valence-electron chi connectivity index (χ4n) is 3.60. The standard InChI is InChI=1S/C24H26F3N3O4/c1-3-33-23(31)18-13-20(16-7-8-16)29-30-22(18)28-19-6-4-5-17(15-9-11-32-12-10-15)21(19)34-14(2)24(25,26)27/h4-6,9,13-14,16H,3,7-8,10-12H2,1-2H3,(H,28,30)/t14-/m0/s1. The normalized spacial score (nSPS) is 17.0. The predicted octanol–water partition coefficient (Wildman–Crippen LogP) is 5.41. The lowest BCUT2D eigenvalue weighted by atomic mass is 9.99. The molecule has 1 N–H and O–H groups in total. The highest BCUT2D eigenvalue weighted by Crippen LogP contribution is 2.41. The summed E-state index contributed by atoms with van der Waals surface area (Å²) in [5.74, 6) is -0.227. The van der Waals surface area contributed by atoms with Crippen LogP contribution in [0.2, 0.25) is 0 Å². The molecule has 34 heavy (non-hydrogen) atoms. The van der Waals surface area contributed by atoms with Crippen molar-refractivity contribution in [2.45, 2.75) is 51.3 Å². The zero-order chi connectivity index (χ0) is 24.3. The number of aromatic nitrogens is 2. The first kappa shape index (κ1) is 24.0. The Bertz CT molecular complexity index is 1080. The molecule has 2 aromatic rings. The molecule has 1 fully saturated rings. The first-order valence-electron chi connectivity index (χ1n) is 11.2. The first-order valence-corrected chi connectivity index (χ1v) is 11.2. The highest BCUT2D eigenvalue weighted by molar-refractivity contribution is 5.96. The quantitative estimate of drug-likeness (QED) is 0.509. The van der Waals surface area contributed by atoms with Gasteiger partial charge in [-0.1, -0.05) is 18.2 Å². The molecule has 4 rings (SSSR count). The van der Waals surface area contributed by atoms with Crippen LogP contribution in [0, 0.1) is 0 Å². The van der Waals surface area contributed by atoms with Crippen LogP contribution in [-0.2, 0) is 9.47 Å². The Morgan fingerprint density at radius 2 is 2.09 bits per heavy atom. The Hall–Kier alpha value is -3.14. The van der Waals surface area contributed by atoms with Crippen LogP contribution in [0.5, 0.6) is 5.75 Å². The monoisotopic (exact) mass is 477 g/mol. The van der Waals surface area contributed by atoms with E-state index in [2.05, 4.69) is 15.5 Å². The molecule has 0 spiro atoms. The molecule has 182 valence electrons. The van der Waals surface area contributed by atoms with Gasteiger partial charge in [0.1, 0.15) is 5.56 Å². The van der Waals surface area contributed by atoms with Crippen LogP contribution in [0.3, 0.4) is 0 Å². The summed E-state index contributed by atoms with van der Waals surface area (Å²) in [6.07, 6.45) is -2.32. The first-order chi connectivity index (χ1) is 16.3. The molecule has 0 amide bonds. The van der Waals surface area contributed by atoms with E-state index in [1.54, 1.807) is 31.2 Å². The lowest BCUT2D eigenvalue weighted by molar-refractivity contribution is -0.189. The van der Waals surface area contributed by atoms with Crippen LogP contribution in [-0.4, -0.2) is 48.3 Å². The van der Waals surface area contributed by atoms with Crippen LogP contribution < -0.4 is 10.1 Å². The van der Waals surface area contributed by atoms with Crippen molar-refractivity contribution < 1.29 is 32.2 Å². The van der Waals surface area contributed by atoms with E-state index in [1.165, 1.54) is 0 Å². The Morgan fingerprint density at radius 1 is 1.29 bits per heavy atom. The van der Waals surface area contributed by atoms with Gasteiger partial charge in [-0.15, -0.1) is 5.10 Å². The molecule has 0 bridgehead atoms. The average molecular weight is 477 g/mol. The van der Waals surface area contributed by atoms with Gasteiger partial charge in [0, 0.05) is 11.5 Å². The maximum atomic E-state index is 13.4. The summed E-state index contributed by atoms with van der Waals surface area (Å²) < 4.78 is 56.1. The minimum absolute atomic E-state index is 0.0170. The van der Waals surface area contributed by atoms with Gasteiger partial charge >= 0.3 is 12.1 Å². The molecule has 2 heterocycles. The molecule has 1 aliphatic heterocycles. The van der Waals surface area contributed by atoms with Gasteiger partial charge in [0.15, 0.2) is 17.7 Å². The Kier molecular flexibility index (Phi) is 7.06. The van der Waals surface area contributed by atoms with E-state index in [-0.39, 0.29) is 35.3 Å². The number of ether oxygens (including phenoxy) is 3. The molecule has 1 aliphatic carbocycles. The predicted molar refractivity (Wildman–Crippen MR) is 119 cm³/mol. The van der Waals surface area contributed by atoms with Crippen molar-refractivity contribution in [1.29, 1.82) is 0 Å². The minimum atomic E-state index is -4.56. The largest absolute Gasteiger partial charge is 0.478 e. The molecule has 1 saturated carbocycles. The number of halogens is 3. The van der Waals surface area contributed by atoms with Crippen LogP contribution in [0.25, 0.3) is 5.57 Å². The summed E-state index contributed by atoms with van der Waals surface area (Å²) in [6.45, 7) is 3.63. The summed E-state index contributed by atoms with van der Waals surface area (Å²) in [5, 5.41) is 11.4. The molecule has 1 atom stereocenters. The summed E-state index contributed by atoms with van der Waals surface area (Å²) in [6, 6.07) is 6.62. The number of carbonyl (C=O) groups excluding carboxylic acids is 1. The Labute approximate surface area is 195 Å². The van der Waals surface area contributed by atoms with Crippen molar-refractivity contribution >= 4 is 23.0 Å². The van der Waals surface area contributed by atoms with Crippen molar-refractivity contribution in [3.8, 4) is 5.75 Å². The molecule has 10 heteroatoms. The molecule has 1 aromatic heterocycles. The number of rotatable bonds is 8. The second-order valence-electron chi connectivity index (χ2n) is 8.19.